The fourth-order valence-corrected chi connectivity index (χ4v) is 1.04. The van der Waals surface area contributed by atoms with Crippen LogP contribution in [0.15, 0.2) is 0 Å². The van der Waals surface area contributed by atoms with E-state index in [2.05, 4.69) is 17.4 Å². The molecule has 0 fully saturated rings. The van der Waals surface area contributed by atoms with Crippen molar-refractivity contribution in [3.63, 3.8) is 0 Å². The van der Waals surface area contributed by atoms with E-state index in [1.54, 1.807) is 0 Å². The van der Waals surface area contributed by atoms with Gasteiger partial charge in [-0.2, -0.15) is 0 Å². The van der Waals surface area contributed by atoms with Crippen LogP contribution >= 0.6 is 11.3 Å². The number of rotatable bonds is 1. The number of thiazole rings is 1. The van der Waals surface area contributed by atoms with Crippen molar-refractivity contribution in [3.05, 3.63) is 10.4 Å². The van der Waals surface area contributed by atoms with Crippen LogP contribution < -0.4 is 5.73 Å². The van der Waals surface area contributed by atoms with Gasteiger partial charge in [0, 0.05) is 0 Å². The third-order valence-electron chi connectivity index (χ3n) is 0.942. The van der Waals surface area contributed by atoms with Crippen LogP contribution in [-0.4, -0.2) is 4.98 Å². The van der Waals surface area contributed by atoms with Crippen molar-refractivity contribution in [1.29, 1.82) is 0 Å². The number of anilines is 1. The monoisotopic (exact) mass is 394 g/mol. The molecule has 0 amide bonds. The maximum absolute atomic E-state index is 5.42. The molecule has 1 aromatic heterocycles. The molecule has 46 valence electrons. The number of hydrogen-bond donors (Lipinski definition) is 1. The first-order valence-corrected chi connectivity index (χ1v) is 3.27. The average molecular weight is 394 g/mol. The first-order valence-electron chi connectivity index (χ1n) is 2.45. The molecule has 0 aliphatic carbocycles. The van der Waals surface area contributed by atoms with Crippen LogP contribution in [0.3, 0.4) is 0 Å². The summed E-state index contributed by atoms with van der Waals surface area (Å²) in [5, 5.41) is 0. The summed E-state index contributed by atoms with van der Waals surface area (Å²) in [5.41, 5.74) is 8.13. The normalized spacial score (nSPS) is 8.56. The van der Waals surface area contributed by atoms with Crippen molar-refractivity contribution >= 4 is 17.2 Å². The van der Waals surface area contributed by atoms with E-state index in [9.17, 15) is 0 Å². The first-order chi connectivity index (χ1) is 3.84. The molecule has 0 aliphatic heterocycles. The number of nitrogens with two attached hydrogens (primary N) is 1. The van der Waals surface area contributed by atoms with E-state index in [4.69, 9.17) is 5.73 Å². The van der Waals surface area contributed by atoms with E-state index >= 15 is 0 Å². The molecule has 0 saturated heterocycles. The largest absolute Gasteiger partial charge is 0.443 e. The minimum Gasteiger partial charge on any atom is -0.443 e. The average Bonchev–Trinajstić information content (AvgIpc) is 2.14. The second kappa shape index (κ2) is 2.67. The number of nitrogen functional groups attached to an aromatic ring is 1. The maximum atomic E-state index is 5.42. The molecule has 2 nitrogen and oxygen atoms in total. The van der Waals surface area contributed by atoms with Crippen molar-refractivity contribution in [2.24, 2.45) is 0 Å². The van der Waals surface area contributed by atoms with Crippen LogP contribution in [0.25, 0.3) is 0 Å². The molecule has 0 bridgehead atoms. The summed E-state index contributed by atoms with van der Waals surface area (Å²) in [6.07, 6.45) is 0.965. The van der Waals surface area contributed by atoms with Gasteiger partial charge in [-0.1, -0.05) is 13.3 Å². The van der Waals surface area contributed by atoms with Crippen molar-refractivity contribution in [2.75, 3.05) is 5.73 Å². The Morgan fingerprint density at radius 2 is 2.44 bits per heavy atom. The SMILES string of the molecule is CCc1s[c-]nc1N.[Rf]. The van der Waals surface area contributed by atoms with Crippen molar-refractivity contribution in [1.82, 2.24) is 4.98 Å². The van der Waals surface area contributed by atoms with Crippen molar-refractivity contribution in [3.8, 4) is 0 Å². The maximum Gasteiger partial charge on any atom is 0 e. The van der Waals surface area contributed by atoms with Crippen LogP contribution in [0.5, 0.6) is 0 Å². The molecule has 4 heteroatoms. The Hall–Kier alpha value is -1.57. The fourth-order valence-electron chi connectivity index (χ4n) is 0.495. The van der Waals surface area contributed by atoms with Gasteiger partial charge in [-0.15, -0.1) is 4.88 Å². The Morgan fingerprint density at radius 1 is 1.78 bits per heavy atom. The van der Waals surface area contributed by atoms with E-state index in [0.29, 0.717) is 5.82 Å². The molecule has 0 spiro atoms. The Balaban J connectivity index is 0.000000640. The van der Waals surface area contributed by atoms with Gasteiger partial charge in [0.1, 0.15) is 0 Å². The Bertz CT molecular complexity index is 175. The Kier molecular flexibility index (Phi) is 2.20. The Morgan fingerprint density at radius 3 is 2.67 bits per heavy atom. The minimum atomic E-state index is 0. The molecule has 0 radical (unpaired) electrons. The zero-order chi connectivity index (χ0) is 5.98. The molecule has 9 heavy (non-hydrogen) atoms. The topological polar surface area (TPSA) is 38.9 Å². The molecule has 0 aliphatic rings. The van der Waals surface area contributed by atoms with Gasteiger partial charge in [0.05, 0.1) is 0 Å². The summed E-state index contributed by atoms with van der Waals surface area (Å²) in [4.78, 5) is 4.89. The fraction of sp³-hybridized carbons (Fsp3) is 0.400. The Labute approximate surface area is 52.4 Å². The van der Waals surface area contributed by atoms with Gasteiger partial charge in [0.2, 0.25) is 0 Å². The van der Waals surface area contributed by atoms with Crippen LogP contribution in [-0.2, 0) is 6.42 Å². The summed E-state index contributed by atoms with van der Waals surface area (Å²) >= 11 is 1.49. The molecule has 1 aromatic rings. The predicted octanol–water partition coefficient (Wildman–Crippen LogP) is 1.09. The van der Waals surface area contributed by atoms with Crippen LogP contribution in [0.4, 0.5) is 5.82 Å². The third-order valence-corrected chi connectivity index (χ3v) is 1.87. The van der Waals surface area contributed by atoms with Crippen LogP contribution in [0.2, 0.25) is 0 Å². The predicted molar refractivity (Wildman–Crippen MR) is 34.7 cm³/mol. The summed E-state index contributed by atoms with van der Waals surface area (Å²) < 4.78 is 0. The van der Waals surface area contributed by atoms with Crippen molar-refractivity contribution < 1.29 is 0 Å². The standard InChI is InChI=1S/C5H7N2S.Rf/c1-2-4-5(6)7-3-8-4;/h2,6H2,1H3;/q-1;. The molecule has 0 atom stereocenters. The van der Waals surface area contributed by atoms with E-state index in [-0.39, 0.29) is 0 Å². The number of aryl methyl sites for hydroxylation is 1. The molecule has 0 saturated carbocycles. The minimum absolute atomic E-state index is 0. The van der Waals surface area contributed by atoms with Crippen molar-refractivity contribution in [2.45, 2.75) is 13.3 Å². The summed E-state index contributed by atoms with van der Waals surface area (Å²) in [7, 11) is 0. The van der Waals surface area contributed by atoms with E-state index in [0.717, 1.165) is 11.3 Å². The molecular formula is C5H7N2RfS-. The summed E-state index contributed by atoms with van der Waals surface area (Å²) in [6, 6.07) is 0. The zero-order valence-corrected chi connectivity index (χ0v) is 12.6. The van der Waals surface area contributed by atoms with Gasteiger partial charge in [0.25, 0.3) is 0 Å². The van der Waals surface area contributed by atoms with Gasteiger partial charge in [-0.3, -0.25) is 11.3 Å². The molecule has 1 heterocycles. The molecule has 0 aromatic carbocycles. The zero-order valence-electron chi connectivity index (χ0n) is 5.35. The summed E-state index contributed by atoms with van der Waals surface area (Å²) in [6.45, 7) is 2.05. The summed E-state index contributed by atoms with van der Waals surface area (Å²) in [5.74, 6) is 0.637. The number of aromatic nitrogens is 1. The van der Waals surface area contributed by atoms with Gasteiger partial charge in [-0.25, -0.2) is 0 Å². The van der Waals surface area contributed by atoms with E-state index < -0.39 is 0 Å². The number of hydrogen-bond acceptors (Lipinski definition) is 3. The molecule has 0 unspecified atom stereocenters. The second-order valence-electron chi connectivity index (χ2n) is 1.47. The van der Waals surface area contributed by atoms with Gasteiger partial charge in [0.15, 0.2) is 0 Å². The van der Waals surface area contributed by atoms with E-state index in [1.165, 1.54) is 11.3 Å². The number of nitrogens with zero attached hydrogens (tertiary/aromatic N) is 1. The molecule has 2 N–H and O–H groups in total. The smallest absolute Gasteiger partial charge is 0 e. The van der Waals surface area contributed by atoms with Gasteiger partial charge >= 0.3 is 0 Å². The molecular weight excluding hydrogens is 387 g/mol. The van der Waals surface area contributed by atoms with Crippen LogP contribution in [0, 0.1) is 5.51 Å². The van der Waals surface area contributed by atoms with Gasteiger partial charge < -0.3 is 10.7 Å². The molecule has 1 rings (SSSR count). The van der Waals surface area contributed by atoms with Gasteiger partial charge in [-0.05, 0) is 11.3 Å². The van der Waals surface area contributed by atoms with Crippen LogP contribution in [0.1, 0.15) is 11.8 Å². The third kappa shape index (κ3) is 1.16. The quantitative estimate of drug-likeness (QED) is 0.725. The van der Waals surface area contributed by atoms with E-state index in [1.807, 2.05) is 0 Å². The first kappa shape index (κ1) is 7.43. The second-order valence-corrected chi connectivity index (χ2v) is 2.35.